The number of anilines is 1. The first-order valence-electron chi connectivity index (χ1n) is 5.53. The average Bonchev–Trinajstić information content (AvgIpc) is 2.36. The van der Waals surface area contributed by atoms with E-state index in [1.807, 2.05) is 6.92 Å². The Morgan fingerprint density at radius 3 is 2.63 bits per heavy atom. The summed E-state index contributed by atoms with van der Waals surface area (Å²) >= 11 is 11.8. The van der Waals surface area contributed by atoms with Gasteiger partial charge in [-0.15, -0.1) is 0 Å². The monoisotopic (exact) mass is 295 g/mol. The number of hydrogen-bond donors (Lipinski definition) is 2. The summed E-state index contributed by atoms with van der Waals surface area (Å²) in [5, 5.41) is 13.2. The molecule has 0 spiro atoms. The third-order valence-corrected chi connectivity index (χ3v) is 3.14. The van der Waals surface area contributed by atoms with Gasteiger partial charge in [0.1, 0.15) is 5.75 Å². The van der Waals surface area contributed by atoms with Gasteiger partial charge in [0.25, 0.3) is 5.91 Å². The predicted octanol–water partition coefficient (Wildman–Crippen LogP) is 4.26. The number of carbonyl (C=O) groups excluding carboxylic acids is 1. The van der Waals surface area contributed by atoms with Crippen molar-refractivity contribution in [1.82, 2.24) is 0 Å². The molecule has 98 valence electrons. The van der Waals surface area contributed by atoms with Crippen molar-refractivity contribution in [2.75, 3.05) is 5.32 Å². The number of aromatic hydroxyl groups is 1. The summed E-state index contributed by atoms with van der Waals surface area (Å²) in [7, 11) is 0. The number of nitrogens with one attached hydrogen (secondary N) is 1. The number of hydrogen-bond acceptors (Lipinski definition) is 2. The maximum Gasteiger partial charge on any atom is 0.259 e. The molecule has 0 bridgehead atoms. The number of benzene rings is 2. The molecule has 0 saturated carbocycles. The molecule has 0 radical (unpaired) electrons. The second kappa shape index (κ2) is 5.51. The minimum Gasteiger partial charge on any atom is -0.507 e. The maximum absolute atomic E-state index is 12.1. The number of halogens is 2. The van der Waals surface area contributed by atoms with Gasteiger partial charge in [0, 0.05) is 5.02 Å². The molecule has 0 aliphatic carbocycles. The van der Waals surface area contributed by atoms with Crippen molar-refractivity contribution in [3.63, 3.8) is 0 Å². The summed E-state index contributed by atoms with van der Waals surface area (Å²) < 4.78 is 0. The van der Waals surface area contributed by atoms with E-state index in [-0.39, 0.29) is 11.3 Å². The Kier molecular flexibility index (Phi) is 3.98. The molecule has 2 N–H and O–H groups in total. The summed E-state index contributed by atoms with van der Waals surface area (Å²) in [4.78, 5) is 12.1. The van der Waals surface area contributed by atoms with Gasteiger partial charge in [-0.2, -0.15) is 0 Å². The average molecular weight is 296 g/mol. The van der Waals surface area contributed by atoms with Gasteiger partial charge < -0.3 is 10.4 Å². The van der Waals surface area contributed by atoms with Crippen LogP contribution in [0.3, 0.4) is 0 Å². The third-order valence-electron chi connectivity index (χ3n) is 2.57. The molecule has 0 atom stereocenters. The van der Waals surface area contributed by atoms with Crippen LogP contribution >= 0.6 is 23.2 Å². The lowest BCUT2D eigenvalue weighted by molar-refractivity contribution is 0.102. The van der Waals surface area contributed by atoms with Gasteiger partial charge in [0.15, 0.2) is 0 Å². The third kappa shape index (κ3) is 3.19. The molecular weight excluding hydrogens is 285 g/mol. The summed E-state index contributed by atoms with van der Waals surface area (Å²) in [6.07, 6.45) is 0. The number of phenolic OH excluding ortho intramolecular Hbond substituents is 1. The van der Waals surface area contributed by atoms with E-state index < -0.39 is 5.91 Å². The van der Waals surface area contributed by atoms with Crippen molar-refractivity contribution >= 4 is 34.8 Å². The van der Waals surface area contributed by atoms with Crippen LogP contribution in [-0.2, 0) is 0 Å². The van der Waals surface area contributed by atoms with Crippen LogP contribution in [0.2, 0.25) is 10.0 Å². The lowest BCUT2D eigenvalue weighted by Gasteiger charge is -2.09. The fourth-order valence-electron chi connectivity index (χ4n) is 1.61. The Hall–Kier alpha value is -1.71. The molecule has 0 aromatic heterocycles. The van der Waals surface area contributed by atoms with Crippen LogP contribution in [0.4, 0.5) is 5.69 Å². The van der Waals surface area contributed by atoms with Crippen molar-refractivity contribution in [1.29, 1.82) is 0 Å². The molecule has 19 heavy (non-hydrogen) atoms. The summed E-state index contributed by atoms with van der Waals surface area (Å²) in [6, 6.07) is 9.57. The molecule has 0 unspecified atom stereocenters. The van der Waals surface area contributed by atoms with Crippen molar-refractivity contribution in [2.45, 2.75) is 6.92 Å². The van der Waals surface area contributed by atoms with E-state index in [0.717, 1.165) is 5.56 Å². The molecule has 1 amide bonds. The summed E-state index contributed by atoms with van der Waals surface area (Å²) in [6.45, 7) is 1.84. The van der Waals surface area contributed by atoms with E-state index in [4.69, 9.17) is 23.2 Å². The number of phenols is 1. The molecule has 2 aromatic rings. The fourth-order valence-corrected chi connectivity index (χ4v) is 1.95. The molecule has 2 aromatic carbocycles. The first-order valence-corrected chi connectivity index (χ1v) is 6.29. The standard InChI is InChI=1S/C14H11Cl2NO2/c1-8-2-5-13(18)10(6-8)14(19)17-12-7-9(15)3-4-11(12)16/h2-7,18H,1H3,(H,17,19). The minimum absolute atomic E-state index is 0.0822. The normalized spacial score (nSPS) is 10.3. The van der Waals surface area contributed by atoms with Crippen molar-refractivity contribution in [3.8, 4) is 5.75 Å². The smallest absolute Gasteiger partial charge is 0.259 e. The van der Waals surface area contributed by atoms with Gasteiger partial charge in [0.2, 0.25) is 0 Å². The SMILES string of the molecule is Cc1ccc(O)c(C(=O)Nc2cc(Cl)ccc2Cl)c1. The molecule has 0 aliphatic rings. The van der Waals surface area contributed by atoms with Crippen molar-refractivity contribution in [2.24, 2.45) is 0 Å². The quantitative estimate of drug-likeness (QED) is 0.870. The zero-order valence-electron chi connectivity index (χ0n) is 10.1. The van der Waals surface area contributed by atoms with Gasteiger partial charge in [-0.05, 0) is 37.3 Å². The van der Waals surface area contributed by atoms with Gasteiger partial charge in [0.05, 0.1) is 16.3 Å². The van der Waals surface area contributed by atoms with E-state index in [2.05, 4.69) is 5.32 Å². The number of carbonyl (C=O) groups is 1. The minimum atomic E-state index is -0.439. The lowest BCUT2D eigenvalue weighted by atomic mass is 10.1. The highest BCUT2D eigenvalue weighted by molar-refractivity contribution is 6.35. The largest absolute Gasteiger partial charge is 0.507 e. The van der Waals surface area contributed by atoms with Crippen LogP contribution in [0.1, 0.15) is 15.9 Å². The Morgan fingerprint density at radius 1 is 1.16 bits per heavy atom. The Balaban J connectivity index is 2.30. The summed E-state index contributed by atoms with van der Waals surface area (Å²) in [5.74, 6) is -0.522. The summed E-state index contributed by atoms with van der Waals surface area (Å²) in [5.41, 5.74) is 1.47. The topological polar surface area (TPSA) is 49.3 Å². The highest BCUT2D eigenvalue weighted by Gasteiger charge is 2.13. The van der Waals surface area contributed by atoms with E-state index in [0.29, 0.717) is 15.7 Å². The molecule has 5 heteroatoms. The molecule has 0 heterocycles. The molecule has 0 aliphatic heterocycles. The van der Waals surface area contributed by atoms with Crippen molar-refractivity contribution < 1.29 is 9.90 Å². The lowest BCUT2D eigenvalue weighted by Crippen LogP contribution is -2.12. The van der Waals surface area contributed by atoms with Gasteiger partial charge in [-0.3, -0.25) is 4.79 Å². The van der Waals surface area contributed by atoms with Crippen molar-refractivity contribution in [3.05, 3.63) is 57.6 Å². The van der Waals surface area contributed by atoms with Crippen LogP contribution in [0.5, 0.6) is 5.75 Å². The fraction of sp³-hybridized carbons (Fsp3) is 0.0714. The van der Waals surface area contributed by atoms with E-state index >= 15 is 0 Å². The number of rotatable bonds is 2. The van der Waals surface area contributed by atoms with Crippen LogP contribution in [0.15, 0.2) is 36.4 Å². The number of amides is 1. The first-order chi connectivity index (χ1) is 8.97. The molecule has 0 saturated heterocycles. The zero-order chi connectivity index (χ0) is 14.0. The number of aryl methyl sites for hydroxylation is 1. The maximum atomic E-state index is 12.1. The van der Waals surface area contributed by atoms with E-state index in [1.54, 1.807) is 30.3 Å². The van der Waals surface area contributed by atoms with E-state index in [1.165, 1.54) is 6.07 Å². The second-order valence-corrected chi connectivity index (χ2v) is 4.94. The van der Waals surface area contributed by atoms with Crippen LogP contribution in [0.25, 0.3) is 0 Å². The molecular formula is C14H11Cl2NO2. The zero-order valence-corrected chi connectivity index (χ0v) is 11.6. The molecule has 3 nitrogen and oxygen atoms in total. The molecule has 2 rings (SSSR count). The highest BCUT2D eigenvalue weighted by atomic mass is 35.5. The van der Waals surface area contributed by atoms with Crippen LogP contribution in [-0.4, -0.2) is 11.0 Å². The van der Waals surface area contributed by atoms with Gasteiger partial charge in [-0.25, -0.2) is 0 Å². The van der Waals surface area contributed by atoms with E-state index in [9.17, 15) is 9.90 Å². The highest BCUT2D eigenvalue weighted by Crippen LogP contribution is 2.27. The Bertz CT molecular complexity index is 641. The van der Waals surface area contributed by atoms with Gasteiger partial charge >= 0.3 is 0 Å². The Morgan fingerprint density at radius 2 is 1.89 bits per heavy atom. The Labute approximate surface area is 120 Å². The first kappa shape index (κ1) is 13.7. The predicted molar refractivity (Wildman–Crippen MR) is 77.3 cm³/mol. The van der Waals surface area contributed by atoms with Crippen LogP contribution in [0, 0.1) is 6.92 Å². The molecule has 0 fully saturated rings. The van der Waals surface area contributed by atoms with Crippen LogP contribution < -0.4 is 5.32 Å². The second-order valence-electron chi connectivity index (χ2n) is 4.10. The van der Waals surface area contributed by atoms with Gasteiger partial charge in [-0.1, -0.05) is 34.8 Å².